The van der Waals surface area contributed by atoms with Gasteiger partial charge in [-0.3, -0.25) is 14.2 Å². The van der Waals surface area contributed by atoms with Gasteiger partial charge in [0.2, 0.25) is 5.91 Å². The molecule has 1 saturated carbocycles. The lowest BCUT2D eigenvalue weighted by atomic mass is 10.2. The Kier molecular flexibility index (Phi) is 5.87. The Bertz CT molecular complexity index is 894. The molecule has 0 bridgehead atoms. The van der Waals surface area contributed by atoms with Crippen LogP contribution in [0.15, 0.2) is 22.6 Å². The van der Waals surface area contributed by atoms with Gasteiger partial charge < -0.3 is 5.32 Å². The lowest BCUT2D eigenvalue weighted by Gasteiger charge is -2.17. The van der Waals surface area contributed by atoms with Gasteiger partial charge in [-0.1, -0.05) is 30.7 Å². The van der Waals surface area contributed by atoms with Crippen molar-refractivity contribution in [2.24, 2.45) is 0 Å². The summed E-state index contributed by atoms with van der Waals surface area (Å²) in [6, 6.07) is 0.291. The van der Waals surface area contributed by atoms with E-state index in [-0.39, 0.29) is 16.7 Å². The zero-order valence-electron chi connectivity index (χ0n) is 15.5. The zero-order valence-corrected chi connectivity index (χ0v) is 17.1. The summed E-state index contributed by atoms with van der Waals surface area (Å²) in [4.78, 5) is 32.0. The highest BCUT2D eigenvalue weighted by molar-refractivity contribution is 8.00. The molecule has 1 amide bonds. The number of thioether (sulfide) groups is 1. The Labute approximate surface area is 161 Å². The van der Waals surface area contributed by atoms with Crippen LogP contribution in [0.5, 0.6) is 0 Å². The van der Waals surface area contributed by atoms with Crippen molar-refractivity contribution in [3.63, 3.8) is 0 Å². The number of hydrogen-bond acceptors (Lipinski definition) is 5. The van der Waals surface area contributed by atoms with Crippen molar-refractivity contribution < 1.29 is 4.79 Å². The Balaban J connectivity index is 1.90. The minimum absolute atomic E-state index is 0.0138. The maximum absolute atomic E-state index is 13.0. The Morgan fingerprint density at radius 2 is 2.15 bits per heavy atom. The van der Waals surface area contributed by atoms with Gasteiger partial charge in [-0.25, -0.2) is 4.98 Å². The molecule has 1 aliphatic carbocycles. The molecule has 0 radical (unpaired) electrons. The van der Waals surface area contributed by atoms with Gasteiger partial charge in [0.05, 0.1) is 10.6 Å². The van der Waals surface area contributed by atoms with Crippen molar-refractivity contribution in [2.45, 2.75) is 69.4 Å². The first-order valence-corrected chi connectivity index (χ1v) is 10.7. The number of aryl methyl sites for hydroxylation is 2. The number of allylic oxidation sites excluding steroid dienone is 1. The quantitative estimate of drug-likeness (QED) is 0.462. The lowest BCUT2D eigenvalue weighted by molar-refractivity contribution is -0.120. The molecule has 0 aliphatic heterocycles. The Morgan fingerprint density at radius 3 is 2.81 bits per heavy atom. The second-order valence-corrected chi connectivity index (χ2v) is 9.32. The fraction of sp³-hybridized carbons (Fsp3) is 0.526. The topological polar surface area (TPSA) is 64.0 Å². The molecule has 7 heteroatoms. The summed E-state index contributed by atoms with van der Waals surface area (Å²) < 4.78 is 1.62. The number of hydrogen-bond donors (Lipinski definition) is 1. The number of fused-ring (bicyclic) bond motifs is 1. The normalized spacial score (nSPS) is 16.1. The third-order valence-corrected chi connectivity index (χ3v) is 7.11. The predicted octanol–water partition coefficient (Wildman–Crippen LogP) is 3.80. The molecule has 1 aliphatic rings. The fourth-order valence-electron chi connectivity index (χ4n) is 3.29. The Morgan fingerprint density at radius 1 is 1.46 bits per heavy atom. The summed E-state index contributed by atoms with van der Waals surface area (Å²) in [6.45, 7) is 9.97. The van der Waals surface area contributed by atoms with E-state index in [9.17, 15) is 9.59 Å². The molecule has 1 fully saturated rings. The van der Waals surface area contributed by atoms with E-state index in [1.54, 1.807) is 10.6 Å². The van der Waals surface area contributed by atoms with Gasteiger partial charge in [-0.05, 0) is 39.2 Å². The van der Waals surface area contributed by atoms with Crippen molar-refractivity contribution >= 4 is 39.2 Å². The number of nitrogens with zero attached hydrogens (tertiary/aromatic N) is 2. The second-order valence-electron chi connectivity index (χ2n) is 6.81. The summed E-state index contributed by atoms with van der Waals surface area (Å²) in [7, 11) is 0. The molecule has 0 spiro atoms. The van der Waals surface area contributed by atoms with Crippen LogP contribution in [0.3, 0.4) is 0 Å². The van der Waals surface area contributed by atoms with E-state index in [2.05, 4.69) is 11.9 Å². The molecule has 1 N–H and O–H groups in total. The fourth-order valence-corrected chi connectivity index (χ4v) is 5.29. The van der Waals surface area contributed by atoms with Crippen molar-refractivity contribution in [2.75, 3.05) is 0 Å². The molecular formula is C19H25N3O2S2. The highest BCUT2D eigenvalue weighted by atomic mass is 32.2. The number of carbonyl (C=O) groups excluding carboxylic acids is 1. The van der Waals surface area contributed by atoms with Crippen molar-refractivity contribution in [1.82, 2.24) is 14.9 Å². The van der Waals surface area contributed by atoms with Crippen LogP contribution in [0.4, 0.5) is 0 Å². The van der Waals surface area contributed by atoms with Gasteiger partial charge in [-0.15, -0.1) is 17.9 Å². The van der Waals surface area contributed by atoms with Crippen LogP contribution in [0.1, 0.15) is 43.0 Å². The van der Waals surface area contributed by atoms with E-state index in [1.165, 1.54) is 35.9 Å². The van der Waals surface area contributed by atoms with E-state index in [0.717, 1.165) is 28.1 Å². The minimum Gasteiger partial charge on any atom is -0.352 e. The van der Waals surface area contributed by atoms with Crippen molar-refractivity contribution in [3.8, 4) is 0 Å². The average molecular weight is 392 g/mol. The molecule has 140 valence electrons. The molecule has 0 saturated heterocycles. The Hall–Kier alpha value is -1.60. The van der Waals surface area contributed by atoms with Gasteiger partial charge in [0.15, 0.2) is 5.16 Å². The molecule has 26 heavy (non-hydrogen) atoms. The first-order chi connectivity index (χ1) is 12.4. The number of rotatable bonds is 6. The van der Waals surface area contributed by atoms with E-state index in [0.29, 0.717) is 23.1 Å². The summed E-state index contributed by atoms with van der Waals surface area (Å²) in [6.07, 6.45) is 6.17. The van der Waals surface area contributed by atoms with Crippen molar-refractivity contribution in [1.29, 1.82) is 0 Å². The van der Waals surface area contributed by atoms with E-state index in [4.69, 9.17) is 4.98 Å². The van der Waals surface area contributed by atoms with Gasteiger partial charge in [0.25, 0.3) is 5.56 Å². The average Bonchev–Trinajstić information content (AvgIpc) is 3.19. The largest absolute Gasteiger partial charge is 0.352 e. The first-order valence-electron chi connectivity index (χ1n) is 9.00. The molecule has 2 aromatic rings. The van der Waals surface area contributed by atoms with Crippen LogP contribution in [-0.2, 0) is 11.3 Å². The van der Waals surface area contributed by atoms with Gasteiger partial charge in [0.1, 0.15) is 4.83 Å². The highest BCUT2D eigenvalue weighted by Crippen LogP contribution is 2.30. The van der Waals surface area contributed by atoms with Crippen LogP contribution in [0, 0.1) is 13.8 Å². The molecular weight excluding hydrogens is 366 g/mol. The predicted molar refractivity (Wildman–Crippen MR) is 109 cm³/mol. The third kappa shape index (κ3) is 3.74. The van der Waals surface area contributed by atoms with E-state index < -0.39 is 0 Å². The minimum atomic E-state index is -0.307. The summed E-state index contributed by atoms with van der Waals surface area (Å²) in [5.74, 6) is 0.0138. The number of amides is 1. The van der Waals surface area contributed by atoms with Crippen LogP contribution in [0.2, 0.25) is 0 Å². The van der Waals surface area contributed by atoms with Gasteiger partial charge in [-0.2, -0.15) is 0 Å². The molecule has 0 unspecified atom stereocenters. The number of nitrogens with one attached hydrogen (secondary N) is 1. The standard InChI is InChI=1S/C19H25N3O2S2/c1-5-10-22-18(24)15-11(2)12(3)25-17(15)21-19(22)26-13(4)16(23)20-14-8-6-7-9-14/h5,13-14H,1,6-10H2,2-4H3,(H,20,23)/t13-/m1/s1. The van der Waals surface area contributed by atoms with Crippen LogP contribution in [-0.4, -0.2) is 26.8 Å². The third-order valence-electron chi connectivity index (χ3n) is 4.92. The molecule has 2 heterocycles. The highest BCUT2D eigenvalue weighted by Gasteiger charge is 2.24. The molecule has 5 nitrogen and oxygen atoms in total. The zero-order chi connectivity index (χ0) is 18.8. The second kappa shape index (κ2) is 7.96. The van der Waals surface area contributed by atoms with E-state index >= 15 is 0 Å². The van der Waals surface area contributed by atoms with E-state index in [1.807, 2.05) is 20.8 Å². The van der Waals surface area contributed by atoms with Crippen LogP contribution in [0.25, 0.3) is 10.2 Å². The maximum atomic E-state index is 13.0. The summed E-state index contributed by atoms with van der Waals surface area (Å²) in [5, 5.41) is 4.08. The summed E-state index contributed by atoms with van der Waals surface area (Å²) in [5.41, 5.74) is 0.937. The molecule has 1 atom stereocenters. The maximum Gasteiger partial charge on any atom is 0.263 e. The van der Waals surface area contributed by atoms with Gasteiger partial charge in [0, 0.05) is 17.5 Å². The number of thiophene rings is 1. The number of carbonyl (C=O) groups is 1. The SMILES string of the molecule is C=CCn1c(S[C@H](C)C(=O)NC2CCCC2)nc2sc(C)c(C)c2c1=O. The van der Waals surface area contributed by atoms with Crippen molar-refractivity contribution in [3.05, 3.63) is 33.4 Å². The summed E-state index contributed by atoms with van der Waals surface area (Å²) >= 11 is 2.88. The van der Waals surface area contributed by atoms with Crippen LogP contribution >= 0.6 is 23.1 Å². The first kappa shape index (κ1) is 19.2. The van der Waals surface area contributed by atoms with Crippen LogP contribution < -0.4 is 10.9 Å². The monoisotopic (exact) mass is 391 g/mol. The number of aromatic nitrogens is 2. The smallest absolute Gasteiger partial charge is 0.263 e. The lowest BCUT2D eigenvalue weighted by Crippen LogP contribution is -2.38. The molecule has 2 aromatic heterocycles. The molecule has 0 aromatic carbocycles. The van der Waals surface area contributed by atoms with Gasteiger partial charge >= 0.3 is 0 Å². The molecule has 3 rings (SSSR count).